The van der Waals surface area contributed by atoms with Gasteiger partial charge in [0.05, 0.1) is 16.3 Å². The van der Waals surface area contributed by atoms with Gasteiger partial charge in [-0.3, -0.25) is 0 Å². The molecule has 0 bridgehead atoms. The molecule has 0 amide bonds. The second kappa shape index (κ2) is 5.47. The predicted octanol–water partition coefficient (Wildman–Crippen LogP) is 4.90. The first-order chi connectivity index (χ1) is 10.8. The minimum Gasteiger partial charge on any atom is -0.334 e. The molecule has 22 heavy (non-hydrogen) atoms. The van der Waals surface area contributed by atoms with E-state index in [4.69, 9.17) is 4.52 Å². The Bertz CT molecular complexity index is 909. The summed E-state index contributed by atoms with van der Waals surface area (Å²) in [5.74, 6) is 1.14. The molecular weight excluding hydrogens is 314 g/mol. The first-order valence-corrected chi connectivity index (χ1v) is 8.51. The maximum atomic E-state index is 5.35. The summed E-state index contributed by atoms with van der Waals surface area (Å²) in [4.78, 5) is 8.99. The molecule has 4 nitrogen and oxygen atoms in total. The Labute approximate surface area is 135 Å². The third kappa shape index (κ3) is 2.47. The van der Waals surface area contributed by atoms with Crippen molar-refractivity contribution in [2.75, 3.05) is 0 Å². The number of thiazole rings is 1. The van der Waals surface area contributed by atoms with Crippen LogP contribution in [0.4, 0.5) is 0 Å². The normalized spacial score (nSPS) is 11.0. The highest BCUT2D eigenvalue weighted by Gasteiger charge is 2.12. The maximum absolute atomic E-state index is 5.35. The van der Waals surface area contributed by atoms with Crippen LogP contribution in [0, 0.1) is 6.92 Å². The number of hydrogen-bond donors (Lipinski definition) is 0. The molecule has 0 aliphatic heterocycles. The third-order valence-electron chi connectivity index (χ3n) is 3.23. The highest BCUT2D eigenvalue weighted by molar-refractivity contribution is 7.09. The zero-order valence-corrected chi connectivity index (χ0v) is 13.3. The predicted molar refractivity (Wildman–Crippen MR) is 88.9 cm³/mol. The number of rotatable bonds is 3. The average Bonchev–Trinajstić information content (AvgIpc) is 3.28. The Morgan fingerprint density at radius 1 is 1.00 bits per heavy atom. The molecular formula is C16H11N3OS2. The fourth-order valence-corrected chi connectivity index (χ4v) is 3.41. The van der Waals surface area contributed by atoms with Crippen LogP contribution in [0.3, 0.4) is 0 Å². The van der Waals surface area contributed by atoms with Crippen molar-refractivity contribution in [2.45, 2.75) is 6.92 Å². The van der Waals surface area contributed by atoms with Crippen molar-refractivity contribution in [3.05, 3.63) is 51.5 Å². The van der Waals surface area contributed by atoms with Gasteiger partial charge in [-0.05, 0) is 24.4 Å². The smallest absolute Gasteiger partial charge is 0.259 e. The molecule has 3 aromatic heterocycles. The van der Waals surface area contributed by atoms with Gasteiger partial charge in [0.2, 0.25) is 5.82 Å². The minimum atomic E-state index is 0.547. The molecule has 6 heteroatoms. The molecule has 0 spiro atoms. The summed E-state index contributed by atoms with van der Waals surface area (Å²) in [6.07, 6.45) is 0. The van der Waals surface area contributed by atoms with E-state index in [2.05, 4.69) is 20.5 Å². The van der Waals surface area contributed by atoms with Gasteiger partial charge in [-0.2, -0.15) is 16.3 Å². The maximum Gasteiger partial charge on any atom is 0.259 e. The molecule has 0 atom stereocenters. The van der Waals surface area contributed by atoms with E-state index in [1.165, 1.54) is 0 Å². The number of nitrogens with zero attached hydrogens (tertiary/aromatic N) is 3. The summed E-state index contributed by atoms with van der Waals surface area (Å²) in [6, 6.07) is 10.0. The Hall–Kier alpha value is -2.31. The van der Waals surface area contributed by atoms with Gasteiger partial charge in [0.25, 0.3) is 5.89 Å². The summed E-state index contributed by atoms with van der Waals surface area (Å²) < 4.78 is 5.35. The second-order valence-corrected chi connectivity index (χ2v) is 6.61. The SMILES string of the molecule is Cc1nc(-c2cccc(-c3noc(-c4ccsc4)n3)c2)cs1. The van der Waals surface area contributed by atoms with E-state index >= 15 is 0 Å². The minimum absolute atomic E-state index is 0.547. The fourth-order valence-electron chi connectivity index (χ4n) is 2.16. The van der Waals surface area contributed by atoms with Crippen LogP contribution in [-0.4, -0.2) is 15.1 Å². The van der Waals surface area contributed by atoms with Crippen LogP contribution in [0.15, 0.2) is 51.0 Å². The molecule has 0 unspecified atom stereocenters. The van der Waals surface area contributed by atoms with Crippen molar-refractivity contribution in [1.82, 2.24) is 15.1 Å². The summed E-state index contributed by atoms with van der Waals surface area (Å²) in [5.41, 5.74) is 3.91. The second-order valence-electron chi connectivity index (χ2n) is 4.77. The molecule has 108 valence electrons. The van der Waals surface area contributed by atoms with E-state index in [1.54, 1.807) is 22.7 Å². The van der Waals surface area contributed by atoms with Gasteiger partial charge in [-0.15, -0.1) is 11.3 Å². The van der Waals surface area contributed by atoms with Crippen LogP contribution in [0.25, 0.3) is 34.1 Å². The first-order valence-electron chi connectivity index (χ1n) is 6.69. The molecule has 0 N–H and O–H groups in total. The Morgan fingerprint density at radius 3 is 2.68 bits per heavy atom. The van der Waals surface area contributed by atoms with Crippen molar-refractivity contribution in [3.63, 3.8) is 0 Å². The van der Waals surface area contributed by atoms with Gasteiger partial charge < -0.3 is 4.52 Å². The number of aromatic nitrogens is 3. The van der Waals surface area contributed by atoms with Gasteiger partial charge in [0, 0.05) is 21.9 Å². The topological polar surface area (TPSA) is 51.8 Å². The zero-order valence-electron chi connectivity index (χ0n) is 11.7. The molecule has 1 aromatic carbocycles. The quantitative estimate of drug-likeness (QED) is 0.538. The standard InChI is InChI=1S/C16H11N3OS2/c1-10-17-14(9-22-10)11-3-2-4-12(7-11)15-18-16(20-19-15)13-5-6-21-8-13/h2-9H,1H3. The highest BCUT2D eigenvalue weighted by Crippen LogP contribution is 2.28. The summed E-state index contributed by atoms with van der Waals surface area (Å²) in [5, 5.41) is 11.2. The lowest BCUT2D eigenvalue weighted by atomic mass is 10.1. The van der Waals surface area contributed by atoms with Crippen molar-refractivity contribution in [3.8, 4) is 34.1 Å². The highest BCUT2D eigenvalue weighted by atomic mass is 32.1. The van der Waals surface area contributed by atoms with Crippen molar-refractivity contribution < 1.29 is 4.52 Å². The Morgan fingerprint density at radius 2 is 1.91 bits per heavy atom. The van der Waals surface area contributed by atoms with Crippen LogP contribution in [0.1, 0.15) is 5.01 Å². The van der Waals surface area contributed by atoms with Crippen LogP contribution >= 0.6 is 22.7 Å². The molecule has 4 aromatic rings. The van der Waals surface area contributed by atoms with E-state index in [0.29, 0.717) is 11.7 Å². The molecule has 3 heterocycles. The van der Waals surface area contributed by atoms with Gasteiger partial charge in [-0.25, -0.2) is 4.98 Å². The largest absolute Gasteiger partial charge is 0.334 e. The lowest BCUT2D eigenvalue weighted by molar-refractivity contribution is 0.432. The fraction of sp³-hybridized carbons (Fsp3) is 0.0625. The van der Waals surface area contributed by atoms with Crippen molar-refractivity contribution in [2.24, 2.45) is 0 Å². The summed E-state index contributed by atoms with van der Waals surface area (Å²) in [6.45, 7) is 2.00. The van der Waals surface area contributed by atoms with E-state index in [1.807, 2.05) is 48.0 Å². The van der Waals surface area contributed by atoms with E-state index in [9.17, 15) is 0 Å². The number of aryl methyl sites for hydroxylation is 1. The van der Waals surface area contributed by atoms with Gasteiger partial charge in [0.15, 0.2) is 0 Å². The van der Waals surface area contributed by atoms with Crippen LogP contribution in [-0.2, 0) is 0 Å². The Kier molecular flexibility index (Phi) is 3.32. The third-order valence-corrected chi connectivity index (χ3v) is 4.69. The molecule has 0 saturated carbocycles. The molecule has 0 aliphatic carbocycles. The summed E-state index contributed by atoms with van der Waals surface area (Å²) >= 11 is 3.25. The van der Waals surface area contributed by atoms with Gasteiger partial charge >= 0.3 is 0 Å². The van der Waals surface area contributed by atoms with E-state index < -0.39 is 0 Å². The van der Waals surface area contributed by atoms with Crippen molar-refractivity contribution in [1.29, 1.82) is 0 Å². The monoisotopic (exact) mass is 325 g/mol. The molecule has 0 radical (unpaired) electrons. The lowest BCUT2D eigenvalue weighted by Gasteiger charge is -1.99. The van der Waals surface area contributed by atoms with Crippen molar-refractivity contribution >= 4 is 22.7 Å². The van der Waals surface area contributed by atoms with E-state index in [0.717, 1.165) is 27.4 Å². The number of thiophene rings is 1. The lowest BCUT2D eigenvalue weighted by Crippen LogP contribution is -1.83. The molecule has 0 saturated heterocycles. The van der Waals surface area contributed by atoms with E-state index in [-0.39, 0.29) is 0 Å². The summed E-state index contributed by atoms with van der Waals surface area (Å²) in [7, 11) is 0. The van der Waals surface area contributed by atoms with Gasteiger partial charge in [0.1, 0.15) is 0 Å². The molecule has 4 rings (SSSR count). The van der Waals surface area contributed by atoms with Crippen LogP contribution in [0.5, 0.6) is 0 Å². The first kappa shape index (κ1) is 13.4. The van der Waals surface area contributed by atoms with Crippen LogP contribution < -0.4 is 0 Å². The number of benzene rings is 1. The number of hydrogen-bond acceptors (Lipinski definition) is 6. The van der Waals surface area contributed by atoms with Crippen LogP contribution in [0.2, 0.25) is 0 Å². The average molecular weight is 325 g/mol. The Balaban J connectivity index is 1.71. The molecule has 0 aliphatic rings. The molecule has 0 fully saturated rings. The van der Waals surface area contributed by atoms with Gasteiger partial charge in [-0.1, -0.05) is 23.4 Å². The zero-order chi connectivity index (χ0) is 14.9.